The molecule has 2 N–H and O–H groups in total. The number of sulfonamides is 1. The van der Waals surface area contributed by atoms with Crippen molar-refractivity contribution in [3.05, 3.63) is 53.7 Å². The summed E-state index contributed by atoms with van der Waals surface area (Å²) in [6, 6.07) is 10.1. The van der Waals surface area contributed by atoms with Crippen LogP contribution in [0.5, 0.6) is 0 Å². The number of amides is 2. The lowest BCUT2D eigenvalue weighted by molar-refractivity contribution is 0.237. The Kier molecular flexibility index (Phi) is 8.68. The topological polar surface area (TPSA) is 94.6 Å². The lowest BCUT2D eigenvalue weighted by Gasteiger charge is -2.28. The van der Waals surface area contributed by atoms with E-state index in [0.29, 0.717) is 19.6 Å². The summed E-state index contributed by atoms with van der Waals surface area (Å²) in [4.78, 5) is 19.5. The van der Waals surface area contributed by atoms with Gasteiger partial charge >= 0.3 is 6.03 Å². The van der Waals surface area contributed by atoms with Gasteiger partial charge in [-0.05, 0) is 61.6 Å². The SMILES string of the molecule is CCN(CC)S(=O)(=O)c1ccc(C(C)NC(=O)NCc2ccnc(N3CCCCC3)c2)cc1. The molecule has 1 aliphatic heterocycles. The number of pyridine rings is 1. The van der Waals surface area contributed by atoms with Crippen molar-refractivity contribution < 1.29 is 13.2 Å². The van der Waals surface area contributed by atoms with E-state index in [2.05, 4.69) is 20.5 Å². The summed E-state index contributed by atoms with van der Waals surface area (Å²) in [6.07, 6.45) is 5.43. The summed E-state index contributed by atoms with van der Waals surface area (Å²) in [5.41, 5.74) is 1.83. The van der Waals surface area contributed by atoms with E-state index in [9.17, 15) is 13.2 Å². The fourth-order valence-corrected chi connectivity index (χ4v) is 5.48. The summed E-state index contributed by atoms with van der Waals surface area (Å²) in [5.74, 6) is 0.961. The first-order valence-electron chi connectivity index (χ1n) is 11.7. The normalized spacial score (nSPS) is 15.3. The minimum Gasteiger partial charge on any atom is -0.357 e. The minimum atomic E-state index is -3.49. The molecule has 8 nitrogen and oxygen atoms in total. The van der Waals surface area contributed by atoms with E-state index >= 15 is 0 Å². The van der Waals surface area contributed by atoms with Crippen molar-refractivity contribution in [1.29, 1.82) is 0 Å². The number of rotatable bonds is 9. The minimum absolute atomic E-state index is 0.258. The molecule has 2 heterocycles. The van der Waals surface area contributed by atoms with E-state index in [1.807, 2.05) is 32.9 Å². The predicted molar refractivity (Wildman–Crippen MR) is 131 cm³/mol. The summed E-state index contributed by atoms with van der Waals surface area (Å²) < 4.78 is 26.7. The van der Waals surface area contributed by atoms with Crippen LogP contribution in [0.15, 0.2) is 47.5 Å². The van der Waals surface area contributed by atoms with E-state index in [-0.39, 0.29) is 17.0 Å². The number of anilines is 1. The van der Waals surface area contributed by atoms with Crippen LogP contribution in [0.25, 0.3) is 0 Å². The van der Waals surface area contributed by atoms with Gasteiger partial charge in [0.15, 0.2) is 0 Å². The van der Waals surface area contributed by atoms with Gasteiger partial charge in [-0.3, -0.25) is 0 Å². The molecule has 33 heavy (non-hydrogen) atoms. The summed E-state index contributed by atoms with van der Waals surface area (Å²) in [7, 11) is -3.49. The van der Waals surface area contributed by atoms with Crippen molar-refractivity contribution in [3.63, 3.8) is 0 Å². The van der Waals surface area contributed by atoms with E-state index < -0.39 is 10.0 Å². The first-order valence-corrected chi connectivity index (χ1v) is 13.1. The number of hydrogen-bond donors (Lipinski definition) is 2. The first-order chi connectivity index (χ1) is 15.8. The van der Waals surface area contributed by atoms with Gasteiger partial charge in [-0.1, -0.05) is 26.0 Å². The number of carbonyl (C=O) groups is 1. The molecule has 0 bridgehead atoms. The predicted octanol–water partition coefficient (Wildman–Crippen LogP) is 3.66. The smallest absolute Gasteiger partial charge is 0.315 e. The molecule has 2 aromatic rings. The molecule has 1 aliphatic rings. The Morgan fingerprint density at radius 3 is 2.39 bits per heavy atom. The molecule has 0 spiro atoms. The summed E-state index contributed by atoms with van der Waals surface area (Å²) in [6.45, 7) is 8.82. The molecule has 180 valence electrons. The molecular weight excluding hydrogens is 438 g/mol. The van der Waals surface area contributed by atoms with Crippen LogP contribution in [-0.2, 0) is 16.6 Å². The van der Waals surface area contributed by atoms with Gasteiger partial charge in [0, 0.05) is 38.9 Å². The highest BCUT2D eigenvalue weighted by Gasteiger charge is 2.21. The third kappa shape index (κ3) is 6.45. The Hall–Kier alpha value is -2.65. The van der Waals surface area contributed by atoms with Gasteiger partial charge in [-0.15, -0.1) is 0 Å². The lowest BCUT2D eigenvalue weighted by Crippen LogP contribution is -2.36. The quantitative estimate of drug-likeness (QED) is 0.580. The molecule has 1 fully saturated rings. The summed E-state index contributed by atoms with van der Waals surface area (Å²) >= 11 is 0. The zero-order valence-electron chi connectivity index (χ0n) is 19.8. The first kappa shape index (κ1) is 25.0. The molecule has 1 aromatic heterocycles. The van der Waals surface area contributed by atoms with E-state index in [4.69, 9.17) is 0 Å². The maximum atomic E-state index is 12.6. The van der Waals surface area contributed by atoms with Gasteiger partial charge in [0.1, 0.15) is 5.82 Å². The van der Waals surface area contributed by atoms with Crippen LogP contribution in [0.1, 0.15) is 57.2 Å². The molecule has 0 saturated carbocycles. The monoisotopic (exact) mass is 473 g/mol. The molecular formula is C24H35N5O3S. The third-order valence-electron chi connectivity index (χ3n) is 6.01. The Morgan fingerprint density at radius 2 is 1.76 bits per heavy atom. The highest BCUT2D eigenvalue weighted by atomic mass is 32.2. The van der Waals surface area contributed by atoms with Gasteiger partial charge in [-0.25, -0.2) is 18.2 Å². The van der Waals surface area contributed by atoms with Crippen LogP contribution in [0.4, 0.5) is 10.6 Å². The second-order valence-corrected chi connectivity index (χ2v) is 10.2. The highest BCUT2D eigenvalue weighted by Crippen LogP contribution is 2.20. The molecule has 1 atom stereocenters. The van der Waals surface area contributed by atoms with Gasteiger partial charge in [0.05, 0.1) is 10.9 Å². The number of aromatic nitrogens is 1. The Balaban J connectivity index is 1.54. The standard InChI is InChI=1S/C24H35N5O3S/c1-4-29(5-2)33(31,32)22-11-9-21(10-12-22)19(3)27-24(30)26-18-20-13-14-25-23(17-20)28-15-7-6-8-16-28/h9-14,17,19H,4-8,15-16,18H2,1-3H3,(H2,26,27,30). The van der Waals surface area contributed by atoms with Crippen molar-refractivity contribution in [3.8, 4) is 0 Å². The van der Waals surface area contributed by atoms with Crippen LogP contribution in [0, 0.1) is 0 Å². The van der Waals surface area contributed by atoms with Gasteiger partial charge in [0.2, 0.25) is 10.0 Å². The molecule has 1 saturated heterocycles. The fraction of sp³-hybridized carbons (Fsp3) is 0.500. The lowest BCUT2D eigenvalue weighted by atomic mass is 10.1. The fourth-order valence-electron chi connectivity index (χ4n) is 4.02. The van der Waals surface area contributed by atoms with E-state index in [1.54, 1.807) is 30.5 Å². The van der Waals surface area contributed by atoms with Gasteiger partial charge < -0.3 is 15.5 Å². The van der Waals surface area contributed by atoms with E-state index in [1.165, 1.54) is 23.6 Å². The molecule has 3 rings (SSSR count). The number of piperidine rings is 1. The van der Waals surface area contributed by atoms with Crippen molar-refractivity contribution in [1.82, 2.24) is 19.9 Å². The highest BCUT2D eigenvalue weighted by molar-refractivity contribution is 7.89. The van der Waals surface area contributed by atoms with Crippen molar-refractivity contribution in [2.75, 3.05) is 31.1 Å². The van der Waals surface area contributed by atoms with Crippen LogP contribution in [0.2, 0.25) is 0 Å². The number of urea groups is 1. The number of nitrogens with zero attached hydrogens (tertiary/aromatic N) is 3. The maximum Gasteiger partial charge on any atom is 0.315 e. The van der Waals surface area contributed by atoms with Crippen molar-refractivity contribution >= 4 is 21.9 Å². The Morgan fingerprint density at radius 1 is 1.09 bits per heavy atom. The Bertz CT molecular complexity index is 1020. The van der Waals surface area contributed by atoms with Crippen molar-refractivity contribution in [2.45, 2.75) is 57.5 Å². The summed E-state index contributed by atoms with van der Waals surface area (Å²) in [5, 5.41) is 5.81. The second-order valence-electron chi connectivity index (χ2n) is 8.28. The van der Waals surface area contributed by atoms with Crippen LogP contribution in [-0.4, -0.2) is 49.9 Å². The van der Waals surface area contributed by atoms with Crippen LogP contribution >= 0.6 is 0 Å². The molecule has 2 amide bonds. The van der Waals surface area contributed by atoms with Gasteiger partial charge in [-0.2, -0.15) is 4.31 Å². The van der Waals surface area contributed by atoms with E-state index in [0.717, 1.165) is 30.0 Å². The number of benzene rings is 1. The third-order valence-corrected chi connectivity index (χ3v) is 8.08. The average molecular weight is 474 g/mol. The zero-order chi connectivity index (χ0) is 23.8. The molecule has 1 unspecified atom stereocenters. The zero-order valence-corrected chi connectivity index (χ0v) is 20.6. The largest absolute Gasteiger partial charge is 0.357 e. The van der Waals surface area contributed by atoms with Crippen LogP contribution < -0.4 is 15.5 Å². The number of hydrogen-bond acceptors (Lipinski definition) is 5. The van der Waals surface area contributed by atoms with Crippen molar-refractivity contribution in [2.24, 2.45) is 0 Å². The molecule has 0 aliphatic carbocycles. The molecule has 9 heteroatoms. The molecule has 0 radical (unpaired) electrons. The van der Waals surface area contributed by atoms with Crippen LogP contribution in [0.3, 0.4) is 0 Å². The number of nitrogens with one attached hydrogen (secondary N) is 2. The molecule has 1 aromatic carbocycles. The number of carbonyl (C=O) groups excluding carboxylic acids is 1. The van der Waals surface area contributed by atoms with Gasteiger partial charge in [0.25, 0.3) is 0 Å². The average Bonchev–Trinajstić information content (AvgIpc) is 2.84. The maximum absolute atomic E-state index is 12.6. The Labute approximate surface area is 197 Å². The second kappa shape index (κ2) is 11.5.